The van der Waals surface area contributed by atoms with Gasteiger partial charge in [-0.2, -0.15) is 0 Å². The van der Waals surface area contributed by atoms with Gasteiger partial charge in [-0.25, -0.2) is 9.18 Å². The molecule has 2 aliphatic rings. The van der Waals surface area contributed by atoms with Gasteiger partial charge in [-0.3, -0.25) is 5.32 Å². The van der Waals surface area contributed by atoms with Crippen molar-refractivity contribution in [2.24, 2.45) is 0 Å². The lowest BCUT2D eigenvalue weighted by molar-refractivity contribution is -0.281. The number of amides is 1. The fourth-order valence-corrected chi connectivity index (χ4v) is 3.66. The average molecular weight is 429 g/mol. The quantitative estimate of drug-likeness (QED) is 0.534. The number of carbonyl (C=O) groups excluding carboxylic acids is 1. The van der Waals surface area contributed by atoms with Crippen molar-refractivity contribution in [3.05, 3.63) is 24.3 Å². The number of alkyl halides is 1. The predicted molar refractivity (Wildman–Crippen MR) is 103 cm³/mol. The smallest absolute Gasteiger partial charge is 0.411 e. The summed E-state index contributed by atoms with van der Waals surface area (Å²) < 4.78 is 35.1. The summed E-state index contributed by atoms with van der Waals surface area (Å²) in [4.78, 5) is 12.0. The summed E-state index contributed by atoms with van der Waals surface area (Å²) in [7, 11) is 1.34. The zero-order valence-electron chi connectivity index (χ0n) is 16.6. The van der Waals surface area contributed by atoms with Crippen molar-refractivity contribution in [1.82, 2.24) is 0 Å². The first-order valence-electron chi connectivity index (χ1n) is 9.96. The van der Waals surface area contributed by atoms with Gasteiger partial charge in [0.1, 0.15) is 42.4 Å². The Labute approximate surface area is 173 Å². The molecule has 1 aromatic carbocycles. The topological polar surface area (TPSA) is 127 Å². The Kier molecular flexibility index (Phi) is 7.84. The molecule has 4 N–H and O–H groups in total. The maximum Gasteiger partial charge on any atom is 0.411 e. The molecule has 2 fully saturated rings. The largest absolute Gasteiger partial charge is 0.462 e. The molecule has 0 bridgehead atoms. The Morgan fingerprint density at radius 2 is 1.90 bits per heavy atom. The number of hydrogen-bond donors (Lipinski definition) is 4. The Morgan fingerprint density at radius 1 is 1.20 bits per heavy atom. The van der Waals surface area contributed by atoms with Gasteiger partial charge >= 0.3 is 6.09 Å². The Morgan fingerprint density at radius 3 is 2.53 bits per heavy atom. The van der Waals surface area contributed by atoms with Crippen molar-refractivity contribution in [3.63, 3.8) is 0 Å². The van der Waals surface area contributed by atoms with Crippen LogP contribution in [0.5, 0.6) is 5.75 Å². The van der Waals surface area contributed by atoms with Crippen molar-refractivity contribution in [2.75, 3.05) is 19.0 Å². The summed E-state index contributed by atoms with van der Waals surface area (Å²) in [6.45, 7) is -0.423. The van der Waals surface area contributed by atoms with Crippen LogP contribution < -0.4 is 10.1 Å². The van der Waals surface area contributed by atoms with Gasteiger partial charge in [-0.05, 0) is 43.5 Å². The fourth-order valence-electron chi connectivity index (χ4n) is 3.66. The molecule has 1 aromatic rings. The van der Waals surface area contributed by atoms with Gasteiger partial charge in [-0.15, -0.1) is 0 Å². The number of methoxy groups -OCH3 is 1. The van der Waals surface area contributed by atoms with Crippen LogP contribution in [0.3, 0.4) is 0 Å². The maximum atomic E-state index is 13.8. The summed E-state index contributed by atoms with van der Waals surface area (Å²) >= 11 is 0. The number of nitrogens with one attached hydrogen (secondary N) is 1. The summed E-state index contributed by atoms with van der Waals surface area (Å²) in [6.07, 6.45) is -5.75. The third kappa shape index (κ3) is 5.38. The van der Waals surface area contributed by atoms with E-state index in [-0.39, 0.29) is 0 Å². The molecular weight excluding hydrogens is 401 g/mol. The second-order valence-electron chi connectivity index (χ2n) is 7.42. The molecule has 168 valence electrons. The van der Waals surface area contributed by atoms with E-state index >= 15 is 0 Å². The minimum Gasteiger partial charge on any atom is -0.462 e. The number of hydrogen-bond acceptors (Lipinski definition) is 8. The van der Waals surface area contributed by atoms with Crippen molar-refractivity contribution in [2.45, 2.75) is 68.7 Å². The molecule has 10 heteroatoms. The number of halogens is 1. The van der Waals surface area contributed by atoms with E-state index in [1.165, 1.54) is 31.4 Å². The van der Waals surface area contributed by atoms with Gasteiger partial charge < -0.3 is 34.3 Å². The molecule has 0 aromatic heterocycles. The van der Waals surface area contributed by atoms with Crippen molar-refractivity contribution in [3.8, 4) is 5.75 Å². The highest BCUT2D eigenvalue weighted by Crippen LogP contribution is 2.27. The number of anilines is 1. The average Bonchev–Trinajstić information content (AvgIpc) is 2.74. The summed E-state index contributed by atoms with van der Waals surface area (Å²) in [5.41, 5.74) is 0.413. The summed E-state index contributed by atoms with van der Waals surface area (Å²) in [6, 6.07) is 6.12. The molecule has 1 aliphatic heterocycles. The van der Waals surface area contributed by atoms with Gasteiger partial charge in [0.25, 0.3) is 0 Å². The molecule has 1 amide bonds. The first-order valence-corrected chi connectivity index (χ1v) is 9.96. The molecule has 1 heterocycles. The molecular formula is C20H28FNO8. The van der Waals surface area contributed by atoms with Crippen LogP contribution in [0.25, 0.3) is 0 Å². The molecule has 9 nitrogen and oxygen atoms in total. The minimum atomic E-state index is -1.39. The molecule has 3 rings (SSSR count). The number of aliphatic hydroxyl groups is 3. The van der Waals surface area contributed by atoms with Crippen LogP contribution >= 0.6 is 0 Å². The summed E-state index contributed by atoms with van der Waals surface area (Å²) in [5.74, 6) is 0.300. The van der Waals surface area contributed by atoms with Crippen LogP contribution in [0.15, 0.2) is 24.3 Å². The van der Waals surface area contributed by atoms with Crippen LogP contribution in [-0.4, -0.2) is 78.1 Å². The van der Waals surface area contributed by atoms with E-state index in [0.29, 0.717) is 24.3 Å². The van der Waals surface area contributed by atoms with Gasteiger partial charge in [0.15, 0.2) is 0 Å². The molecule has 1 aliphatic carbocycles. The number of benzene rings is 1. The van der Waals surface area contributed by atoms with E-state index in [2.05, 4.69) is 5.32 Å². The van der Waals surface area contributed by atoms with Crippen LogP contribution in [0.2, 0.25) is 0 Å². The highest BCUT2D eigenvalue weighted by atomic mass is 19.1. The first kappa shape index (κ1) is 22.7. The maximum absolute atomic E-state index is 13.8. The lowest BCUT2D eigenvalue weighted by Crippen LogP contribution is -2.60. The van der Waals surface area contributed by atoms with E-state index in [1.807, 2.05) is 0 Å². The SMILES string of the molecule is CO[C@H]1[C@H](O)[C@@H](O)[C@H](Oc2ccc(NC(=O)O[C@@H]3CCCC[C@H]3F)cc2)O[C@@H]1CO. The molecule has 0 spiro atoms. The molecule has 7 atom stereocenters. The zero-order chi connectivity index (χ0) is 21.7. The Bertz CT molecular complexity index is 688. The van der Waals surface area contributed by atoms with Crippen molar-refractivity contribution < 1.29 is 43.5 Å². The lowest BCUT2D eigenvalue weighted by atomic mass is 9.96. The van der Waals surface area contributed by atoms with Gasteiger partial charge in [0.05, 0.1) is 6.61 Å². The monoisotopic (exact) mass is 429 g/mol. The van der Waals surface area contributed by atoms with E-state index in [1.54, 1.807) is 0 Å². The number of rotatable bonds is 6. The van der Waals surface area contributed by atoms with Crippen molar-refractivity contribution in [1.29, 1.82) is 0 Å². The zero-order valence-corrected chi connectivity index (χ0v) is 16.6. The van der Waals surface area contributed by atoms with Gasteiger partial charge in [0.2, 0.25) is 6.29 Å². The number of carbonyl (C=O) groups is 1. The van der Waals surface area contributed by atoms with E-state index < -0.39 is 55.7 Å². The summed E-state index contributed by atoms with van der Waals surface area (Å²) in [5, 5.41) is 32.3. The molecule has 1 saturated heterocycles. The standard InChI is InChI=1S/C20H28FNO8/c1-27-18-15(10-23)29-19(17(25)16(18)24)28-12-8-6-11(7-9-12)22-20(26)30-14-5-3-2-4-13(14)21/h6-9,13-19,23-25H,2-5,10H2,1H3,(H,22,26)/t13-,14-,15-,16-,17-,18-,19-/m1/s1. The fraction of sp³-hybridized carbons (Fsp3) is 0.650. The number of ether oxygens (including phenoxy) is 4. The lowest BCUT2D eigenvalue weighted by Gasteiger charge is -2.41. The second kappa shape index (κ2) is 10.4. The van der Waals surface area contributed by atoms with Gasteiger partial charge in [-0.1, -0.05) is 6.42 Å². The molecule has 0 unspecified atom stereocenters. The Balaban J connectivity index is 1.54. The first-order chi connectivity index (χ1) is 14.4. The third-order valence-corrected chi connectivity index (χ3v) is 5.33. The van der Waals surface area contributed by atoms with Crippen LogP contribution in [0.4, 0.5) is 14.9 Å². The van der Waals surface area contributed by atoms with Crippen molar-refractivity contribution >= 4 is 11.8 Å². The van der Waals surface area contributed by atoms with Crippen LogP contribution in [0, 0.1) is 0 Å². The van der Waals surface area contributed by atoms with Crippen LogP contribution in [0.1, 0.15) is 25.7 Å². The highest BCUT2D eigenvalue weighted by molar-refractivity contribution is 5.84. The molecule has 1 saturated carbocycles. The molecule has 0 radical (unpaired) electrons. The number of aliphatic hydroxyl groups excluding tert-OH is 3. The van der Waals surface area contributed by atoms with Gasteiger partial charge in [0, 0.05) is 12.8 Å². The van der Waals surface area contributed by atoms with Crippen LogP contribution in [-0.2, 0) is 14.2 Å². The third-order valence-electron chi connectivity index (χ3n) is 5.33. The Hall–Kier alpha value is -1.98. The predicted octanol–water partition coefficient (Wildman–Crippen LogP) is 1.35. The van der Waals surface area contributed by atoms with E-state index in [9.17, 15) is 24.5 Å². The van der Waals surface area contributed by atoms with E-state index in [4.69, 9.17) is 18.9 Å². The molecule has 30 heavy (non-hydrogen) atoms. The normalized spacial score (nSPS) is 34.2. The highest BCUT2D eigenvalue weighted by Gasteiger charge is 2.45. The van der Waals surface area contributed by atoms with E-state index in [0.717, 1.165) is 12.8 Å². The second-order valence-corrected chi connectivity index (χ2v) is 7.42. The minimum absolute atomic E-state index is 0.300.